The van der Waals surface area contributed by atoms with E-state index in [0.29, 0.717) is 45.8 Å². The molecule has 0 spiro atoms. The fourth-order valence-corrected chi connectivity index (χ4v) is 5.33. The molecule has 0 bridgehead atoms. The molecule has 3 aromatic carbocycles. The number of hydrogen-bond donors (Lipinski definition) is 1. The Balaban J connectivity index is 1.55. The molecule has 0 atom stereocenters. The van der Waals surface area contributed by atoms with Gasteiger partial charge in [0.25, 0.3) is 0 Å². The molecule has 0 unspecified atom stereocenters. The molecular weight excluding hydrogens is 507 g/mol. The number of benzene rings is 3. The third-order valence-electron chi connectivity index (χ3n) is 5.67. The molecule has 0 saturated heterocycles. The quantitative estimate of drug-likeness (QED) is 0.377. The standard InChI is InChI=1S/C25H18Cl2N4O3S/c26-18-7-5-16(6-8-18)25-20(14-28)22(30-31(25)23-4-2-1-3-21(23)27)15-29-35(32,33)19-9-10-24-17(13-19)11-12-34-24/h1-10,13,29H,11-12,15H2. The van der Waals surface area contributed by atoms with Crippen LogP contribution in [0.15, 0.2) is 71.6 Å². The van der Waals surface area contributed by atoms with Crippen molar-refractivity contribution in [3.05, 3.63) is 93.6 Å². The van der Waals surface area contributed by atoms with Gasteiger partial charge in [-0.2, -0.15) is 10.4 Å². The van der Waals surface area contributed by atoms with Crippen LogP contribution in [0.25, 0.3) is 16.9 Å². The van der Waals surface area contributed by atoms with Gasteiger partial charge in [-0.1, -0.05) is 47.5 Å². The van der Waals surface area contributed by atoms with Crippen molar-refractivity contribution in [3.8, 4) is 28.8 Å². The zero-order valence-electron chi connectivity index (χ0n) is 18.2. The van der Waals surface area contributed by atoms with E-state index in [2.05, 4.69) is 15.9 Å². The third kappa shape index (κ3) is 4.51. The highest BCUT2D eigenvalue weighted by Gasteiger charge is 2.24. The van der Waals surface area contributed by atoms with Crippen LogP contribution in [0.5, 0.6) is 5.75 Å². The number of hydrogen-bond acceptors (Lipinski definition) is 5. The van der Waals surface area contributed by atoms with E-state index in [1.165, 1.54) is 6.07 Å². The first kappa shape index (κ1) is 23.4. The van der Waals surface area contributed by atoms with Gasteiger partial charge in [-0.25, -0.2) is 17.8 Å². The molecule has 4 aromatic rings. The lowest BCUT2D eigenvalue weighted by Gasteiger charge is -2.09. The van der Waals surface area contributed by atoms with Gasteiger partial charge in [-0.15, -0.1) is 0 Å². The first-order valence-corrected chi connectivity index (χ1v) is 12.9. The number of nitrogens with zero attached hydrogens (tertiary/aromatic N) is 3. The summed E-state index contributed by atoms with van der Waals surface area (Å²) in [6, 6.07) is 21.0. The molecular formula is C25H18Cl2N4O3S. The van der Waals surface area contributed by atoms with Crippen LogP contribution in [-0.4, -0.2) is 24.8 Å². The third-order valence-corrected chi connectivity index (χ3v) is 7.64. The number of aromatic nitrogens is 2. The van der Waals surface area contributed by atoms with E-state index >= 15 is 0 Å². The van der Waals surface area contributed by atoms with Crippen LogP contribution in [0, 0.1) is 11.3 Å². The van der Waals surface area contributed by atoms with E-state index in [-0.39, 0.29) is 22.7 Å². The molecule has 1 aliphatic heterocycles. The molecule has 2 heterocycles. The van der Waals surface area contributed by atoms with Crippen LogP contribution in [0.1, 0.15) is 16.8 Å². The highest BCUT2D eigenvalue weighted by Crippen LogP contribution is 2.33. The monoisotopic (exact) mass is 524 g/mol. The predicted molar refractivity (Wildman–Crippen MR) is 133 cm³/mol. The lowest BCUT2D eigenvalue weighted by atomic mass is 10.1. The second kappa shape index (κ2) is 9.36. The zero-order chi connectivity index (χ0) is 24.6. The van der Waals surface area contributed by atoms with E-state index in [0.717, 1.165) is 5.56 Å². The smallest absolute Gasteiger partial charge is 0.240 e. The Kier molecular flexibility index (Phi) is 6.26. The van der Waals surface area contributed by atoms with Gasteiger partial charge in [-0.05, 0) is 48.0 Å². The maximum Gasteiger partial charge on any atom is 0.240 e. The second-order valence-electron chi connectivity index (χ2n) is 7.84. The molecule has 7 nitrogen and oxygen atoms in total. The highest BCUT2D eigenvalue weighted by atomic mass is 35.5. The number of sulfonamides is 1. The van der Waals surface area contributed by atoms with Crippen molar-refractivity contribution in [2.45, 2.75) is 17.9 Å². The molecule has 0 aliphatic carbocycles. The largest absolute Gasteiger partial charge is 0.493 e. The molecule has 5 rings (SSSR count). The number of rotatable bonds is 6. The summed E-state index contributed by atoms with van der Waals surface area (Å²) in [6.07, 6.45) is 0.657. The molecule has 0 amide bonds. The summed E-state index contributed by atoms with van der Waals surface area (Å²) in [4.78, 5) is 0.128. The minimum atomic E-state index is -3.86. The van der Waals surface area contributed by atoms with Gasteiger partial charge in [0.05, 0.1) is 40.1 Å². The van der Waals surface area contributed by atoms with Crippen molar-refractivity contribution < 1.29 is 13.2 Å². The van der Waals surface area contributed by atoms with Crippen LogP contribution in [0.3, 0.4) is 0 Å². The molecule has 0 radical (unpaired) electrons. The Hall–Kier alpha value is -3.35. The molecule has 1 aliphatic rings. The predicted octanol–water partition coefficient (Wildman–Crippen LogP) is 5.13. The molecule has 1 N–H and O–H groups in total. The van der Waals surface area contributed by atoms with Gasteiger partial charge in [0.15, 0.2) is 0 Å². The van der Waals surface area contributed by atoms with E-state index in [9.17, 15) is 13.7 Å². The van der Waals surface area contributed by atoms with Crippen LogP contribution < -0.4 is 9.46 Å². The van der Waals surface area contributed by atoms with Gasteiger partial charge >= 0.3 is 0 Å². The molecule has 0 fully saturated rings. The number of para-hydroxylation sites is 1. The van der Waals surface area contributed by atoms with E-state index in [1.807, 2.05) is 0 Å². The van der Waals surface area contributed by atoms with Gasteiger partial charge in [-0.3, -0.25) is 0 Å². The maximum absolute atomic E-state index is 13.0. The molecule has 35 heavy (non-hydrogen) atoms. The lowest BCUT2D eigenvalue weighted by Crippen LogP contribution is -2.24. The van der Waals surface area contributed by atoms with Gasteiger partial charge in [0.1, 0.15) is 17.4 Å². The molecule has 0 saturated carbocycles. The fourth-order valence-electron chi connectivity index (χ4n) is 3.95. The average molecular weight is 525 g/mol. The van der Waals surface area contributed by atoms with Crippen LogP contribution >= 0.6 is 23.2 Å². The zero-order valence-corrected chi connectivity index (χ0v) is 20.5. The summed E-state index contributed by atoms with van der Waals surface area (Å²) in [5.41, 5.74) is 3.08. The first-order valence-electron chi connectivity index (χ1n) is 10.7. The number of halogens is 2. The summed E-state index contributed by atoms with van der Waals surface area (Å²) >= 11 is 12.5. The summed E-state index contributed by atoms with van der Waals surface area (Å²) in [5.74, 6) is 0.696. The summed E-state index contributed by atoms with van der Waals surface area (Å²) in [7, 11) is -3.86. The molecule has 1 aromatic heterocycles. The minimum absolute atomic E-state index is 0.128. The highest BCUT2D eigenvalue weighted by molar-refractivity contribution is 7.89. The normalized spacial score (nSPS) is 12.7. The average Bonchev–Trinajstić information content (AvgIpc) is 3.47. The van der Waals surface area contributed by atoms with Crippen molar-refractivity contribution in [1.29, 1.82) is 5.26 Å². The van der Waals surface area contributed by atoms with E-state index in [4.69, 9.17) is 27.9 Å². The van der Waals surface area contributed by atoms with Gasteiger partial charge in [0.2, 0.25) is 10.0 Å². The van der Waals surface area contributed by atoms with Crippen molar-refractivity contribution in [2.75, 3.05) is 6.61 Å². The molecule has 176 valence electrons. The van der Waals surface area contributed by atoms with Gasteiger partial charge < -0.3 is 4.74 Å². The Labute approximate surface area is 212 Å². The Morgan fingerprint density at radius 1 is 1.09 bits per heavy atom. The SMILES string of the molecule is N#Cc1c(CNS(=O)(=O)c2ccc3c(c2)CCO3)nn(-c2ccccc2Cl)c1-c1ccc(Cl)cc1. The van der Waals surface area contributed by atoms with Crippen molar-refractivity contribution in [3.63, 3.8) is 0 Å². The molecule has 10 heteroatoms. The maximum atomic E-state index is 13.0. The van der Waals surface area contributed by atoms with E-state index in [1.54, 1.807) is 65.3 Å². The minimum Gasteiger partial charge on any atom is -0.493 e. The second-order valence-corrected chi connectivity index (χ2v) is 10.5. The van der Waals surface area contributed by atoms with Crippen LogP contribution in [0.4, 0.5) is 0 Å². The first-order chi connectivity index (χ1) is 16.9. The lowest BCUT2D eigenvalue weighted by molar-refractivity contribution is 0.356. The fraction of sp³-hybridized carbons (Fsp3) is 0.120. The van der Waals surface area contributed by atoms with E-state index < -0.39 is 10.0 Å². The topological polar surface area (TPSA) is 97.0 Å². The number of ether oxygens (including phenoxy) is 1. The Morgan fingerprint density at radius 3 is 2.60 bits per heavy atom. The van der Waals surface area contributed by atoms with Gasteiger partial charge in [0, 0.05) is 17.0 Å². The Bertz CT molecular complexity index is 1580. The summed E-state index contributed by atoms with van der Waals surface area (Å²) in [5, 5.41) is 15.6. The van der Waals surface area contributed by atoms with Crippen molar-refractivity contribution in [1.82, 2.24) is 14.5 Å². The Morgan fingerprint density at radius 2 is 1.86 bits per heavy atom. The summed E-state index contributed by atoms with van der Waals surface area (Å²) in [6.45, 7) is 0.349. The van der Waals surface area contributed by atoms with Crippen molar-refractivity contribution >= 4 is 33.2 Å². The number of nitriles is 1. The number of fused-ring (bicyclic) bond motifs is 1. The van der Waals surface area contributed by atoms with Crippen molar-refractivity contribution in [2.24, 2.45) is 0 Å². The summed E-state index contributed by atoms with van der Waals surface area (Å²) < 4.78 is 35.6. The number of nitrogens with one attached hydrogen (secondary N) is 1. The van der Waals surface area contributed by atoms with Crippen LogP contribution in [0.2, 0.25) is 10.0 Å². The van der Waals surface area contributed by atoms with Crippen LogP contribution in [-0.2, 0) is 23.0 Å².